The maximum atomic E-state index is 11.0. The highest BCUT2D eigenvalue weighted by Crippen LogP contribution is 2.13. The first-order chi connectivity index (χ1) is 5.27. The topological polar surface area (TPSA) is 62.0 Å². The van der Waals surface area contributed by atoms with Crippen LogP contribution in [0, 0.1) is 0 Å². The Hall–Kier alpha value is -1.71. The Morgan fingerprint density at radius 1 is 1.36 bits per heavy atom. The largest absolute Gasteiger partial charge is 0.479 e. The number of hydrogen-bond acceptors (Lipinski definition) is 3. The first-order valence-corrected chi connectivity index (χ1v) is 3.07. The minimum atomic E-state index is -0.344. The van der Waals surface area contributed by atoms with Crippen LogP contribution in [0.1, 0.15) is 0 Å². The van der Waals surface area contributed by atoms with Crippen LogP contribution < -0.4 is 0 Å². The maximum Gasteiger partial charge on any atom is 0.315 e. The van der Waals surface area contributed by atoms with E-state index >= 15 is 0 Å². The molecular formula is C7H4N2O2. The van der Waals surface area contributed by atoms with Crippen molar-refractivity contribution in [3.63, 3.8) is 0 Å². The molecule has 2 rings (SSSR count). The van der Waals surface area contributed by atoms with Crippen LogP contribution in [-0.2, 0) is 4.79 Å². The van der Waals surface area contributed by atoms with E-state index in [9.17, 15) is 4.79 Å². The van der Waals surface area contributed by atoms with E-state index in [0.29, 0.717) is 5.70 Å². The Bertz CT molecular complexity index is 347. The molecule has 1 aliphatic heterocycles. The molecular weight excluding hydrogens is 144 g/mol. The SMILES string of the molecule is O=C1C=CC=C2N=C(O)N=C12. The molecule has 0 radical (unpaired) electrons. The van der Waals surface area contributed by atoms with Crippen molar-refractivity contribution in [1.29, 1.82) is 0 Å². The number of carbonyl (C=O) groups excluding carboxylic acids is 1. The molecule has 0 aromatic heterocycles. The van der Waals surface area contributed by atoms with Crippen LogP contribution in [0.4, 0.5) is 0 Å². The second-order valence-electron chi connectivity index (χ2n) is 2.15. The molecule has 0 saturated carbocycles. The number of nitrogens with zero attached hydrogens (tertiary/aromatic N) is 2. The highest BCUT2D eigenvalue weighted by Gasteiger charge is 2.22. The van der Waals surface area contributed by atoms with Gasteiger partial charge in [0.15, 0.2) is 0 Å². The first kappa shape index (κ1) is 6.03. The van der Waals surface area contributed by atoms with Crippen LogP contribution in [0.5, 0.6) is 0 Å². The van der Waals surface area contributed by atoms with Crippen LogP contribution in [0.2, 0.25) is 0 Å². The predicted octanol–water partition coefficient (Wildman–Crippen LogP) is 0.378. The number of rotatable bonds is 0. The third-order valence-corrected chi connectivity index (χ3v) is 1.41. The number of aliphatic hydroxyl groups excluding tert-OH is 1. The zero-order valence-electron chi connectivity index (χ0n) is 5.48. The van der Waals surface area contributed by atoms with Crippen LogP contribution >= 0.6 is 0 Å². The average Bonchev–Trinajstić information content (AvgIpc) is 2.31. The molecule has 1 aliphatic carbocycles. The van der Waals surface area contributed by atoms with E-state index in [-0.39, 0.29) is 17.5 Å². The van der Waals surface area contributed by atoms with E-state index in [0.717, 1.165) is 0 Å². The highest BCUT2D eigenvalue weighted by atomic mass is 16.3. The number of carbonyl (C=O) groups is 1. The number of ketones is 1. The molecule has 4 nitrogen and oxygen atoms in total. The number of amidine groups is 1. The number of allylic oxidation sites excluding steroid dienone is 4. The van der Waals surface area contributed by atoms with Crippen LogP contribution in [0.25, 0.3) is 0 Å². The van der Waals surface area contributed by atoms with Crippen molar-refractivity contribution in [2.45, 2.75) is 0 Å². The molecule has 11 heavy (non-hydrogen) atoms. The lowest BCUT2D eigenvalue weighted by molar-refractivity contribution is -0.108. The van der Waals surface area contributed by atoms with Crippen molar-refractivity contribution in [2.75, 3.05) is 0 Å². The van der Waals surface area contributed by atoms with E-state index in [2.05, 4.69) is 9.98 Å². The second kappa shape index (κ2) is 1.88. The molecule has 1 N–H and O–H groups in total. The minimum absolute atomic E-state index is 0.213. The van der Waals surface area contributed by atoms with Crippen LogP contribution in [0.3, 0.4) is 0 Å². The summed E-state index contributed by atoms with van der Waals surface area (Å²) in [5.74, 6) is -0.213. The summed E-state index contributed by atoms with van der Waals surface area (Å²) in [5, 5.41) is 8.82. The molecule has 0 fully saturated rings. The minimum Gasteiger partial charge on any atom is -0.479 e. The molecule has 0 aromatic carbocycles. The number of hydrogen-bond donors (Lipinski definition) is 1. The molecule has 0 unspecified atom stereocenters. The van der Waals surface area contributed by atoms with Gasteiger partial charge in [-0.15, -0.1) is 0 Å². The normalized spacial score (nSPS) is 20.7. The third kappa shape index (κ3) is 0.797. The molecule has 0 aromatic rings. The van der Waals surface area contributed by atoms with E-state index in [4.69, 9.17) is 5.11 Å². The quantitative estimate of drug-likeness (QED) is 0.504. The molecule has 2 aliphatic rings. The fraction of sp³-hybridized carbons (Fsp3) is 0. The van der Waals surface area contributed by atoms with Gasteiger partial charge in [0.25, 0.3) is 0 Å². The number of fused-ring (bicyclic) bond motifs is 1. The van der Waals surface area contributed by atoms with E-state index in [1.54, 1.807) is 12.2 Å². The van der Waals surface area contributed by atoms with Gasteiger partial charge < -0.3 is 5.11 Å². The lowest BCUT2D eigenvalue weighted by Gasteiger charge is -1.98. The zero-order valence-corrected chi connectivity index (χ0v) is 5.48. The first-order valence-electron chi connectivity index (χ1n) is 3.07. The summed E-state index contributed by atoms with van der Waals surface area (Å²) in [5.41, 5.74) is 0.667. The monoisotopic (exact) mass is 148 g/mol. The van der Waals surface area contributed by atoms with Gasteiger partial charge in [-0.3, -0.25) is 4.79 Å². The van der Waals surface area contributed by atoms with Crippen molar-refractivity contribution >= 4 is 17.5 Å². The average molecular weight is 148 g/mol. The Morgan fingerprint density at radius 3 is 2.91 bits per heavy atom. The van der Waals surface area contributed by atoms with Gasteiger partial charge in [-0.25, -0.2) is 0 Å². The Kier molecular flexibility index (Phi) is 1.03. The molecule has 54 valence electrons. The Labute approximate surface area is 62.3 Å². The van der Waals surface area contributed by atoms with Crippen LogP contribution in [0.15, 0.2) is 33.9 Å². The van der Waals surface area contributed by atoms with Gasteiger partial charge in [0.1, 0.15) is 5.71 Å². The summed E-state index contributed by atoms with van der Waals surface area (Å²) >= 11 is 0. The predicted molar refractivity (Wildman–Crippen MR) is 39.7 cm³/mol. The Morgan fingerprint density at radius 2 is 2.18 bits per heavy atom. The number of aliphatic imine (C=N–C) groups is 2. The van der Waals surface area contributed by atoms with Crippen molar-refractivity contribution in [3.8, 4) is 0 Å². The van der Waals surface area contributed by atoms with Crippen molar-refractivity contribution in [2.24, 2.45) is 9.98 Å². The van der Waals surface area contributed by atoms with Gasteiger partial charge in [0.2, 0.25) is 5.78 Å². The van der Waals surface area contributed by atoms with Crippen molar-refractivity contribution < 1.29 is 9.90 Å². The molecule has 0 saturated heterocycles. The van der Waals surface area contributed by atoms with E-state index in [1.807, 2.05) is 0 Å². The lowest BCUT2D eigenvalue weighted by Crippen LogP contribution is -2.13. The fourth-order valence-corrected chi connectivity index (χ4v) is 0.946. The molecule has 0 bridgehead atoms. The van der Waals surface area contributed by atoms with Gasteiger partial charge in [-0.05, 0) is 12.2 Å². The highest BCUT2D eigenvalue weighted by molar-refractivity contribution is 6.52. The summed E-state index contributed by atoms with van der Waals surface area (Å²) in [6.45, 7) is 0. The zero-order chi connectivity index (χ0) is 7.84. The summed E-state index contributed by atoms with van der Waals surface area (Å²) in [4.78, 5) is 18.1. The summed E-state index contributed by atoms with van der Waals surface area (Å²) in [6, 6.07) is -0.344. The van der Waals surface area contributed by atoms with Gasteiger partial charge in [-0.2, -0.15) is 9.98 Å². The standard InChI is InChI=1S/C7H4N2O2/c10-5-3-1-2-4-6(5)9-7(11)8-4/h1-3H,(H,8,11). The lowest BCUT2D eigenvalue weighted by atomic mass is 10.1. The fourth-order valence-electron chi connectivity index (χ4n) is 0.946. The Balaban J connectivity index is 2.53. The summed E-state index contributed by atoms with van der Waals surface area (Å²) in [7, 11) is 0. The third-order valence-electron chi connectivity index (χ3n) is 1.41. The molecule has 4 heteroatoms. The van der Waals surface area contributed by atoms with E-state index in [1.165, 1.54) is 6.08 Å². The van der Waals surface area contributed by atoms with Gasteiger partial charge in [0, 0.05) is 0 Å². The molecule has 0 atom stereocenters. The van der Waals surface area contributed by atoms with Crippen molar-refractivity contribution in [1.82, 2.24) is 0 Å². The molecule has 0 spiro atoms. The number of aliphatic hydroxyl groups is 1. The van der Waals surface area contributed by atoms with E-state index < -0.39 is 0 Å². The smallest absolute Gasteiger partial charge is 0.315 e. The van der Waals surface area contributed by atoms with Gasteiger partial charge in [0.05, 0.1) is 5.70 Å². The second-order valence-corrected chi connectivity index (χ2v) is 2.15. The van der Waals surface area contributed by atoms with Crippen molar-refractivity contribution in [3.05, 3.63) is 23.9 Å². The summed E-state index contributed by atoms with van der Waals surface area (Å²) in [6.07, 6.45) is 4.60. The maximum absolute atomic E-state index is 11.0. The van der Waals surface area contributed by atoms with Crippen LogP contribution in [-0.4, -0.2) is 22.6 Å². The van der Waals surface area contributed by atoms with Gasteiger partial charge in [-0.1, -0.05) is 6.08 Å². The summed E-state index contributed by atoms with van der Waals surface area (Å²) < 4.78 is 0. The van der Waals surface area contributed by atoms with Gasteiger partial charge >= 0.3 is 6.02 Å². The molecule has 0 amide bonds. The molecule has 1 heterocycles.